The van der Waals surface area contributed by atoms with Crippen LogP contribution in [0.1, 0.15) is 15.9 Å². The molecule has 1 aliphatic rings. The molecule has 0 radical (unpaired) electrons. The van der Waals surface area contributed by atoms with E-state index >= 15 is 0 Å². The Labute approximate surface area is 154 Å². The summed E-state index contributed by atoms with van der Waals surface area (Å²) < 4.78 is 14.3. The van der Waals surface area contributed by atoms with Crippen molar-refractivity contribution in [3.63, 3.8) is 0 Å². The molecule has 1 fully saturated rings. The zero-order valence-corrected chi connectivity index (χ0v) is 14.8. The van der Waals surface area contributed by atoms with Crippen molar-refractivity contribution in [1.29, 1.82) is 0 Å². The van der Waals surface area contributed by atoms with Crippen LogP contribution in [0, 0.1) is 15.9 Å². The highest BCUT2D eigenvalue weighted by atomic mass is 32.2. The lowest BCUT2D eigenvalue weighted by atomic mass is 10.1. The summed E-state index contributed by atoms with van der Waals surface area (Å²) in [5.41, 5.74) is 0.453. The number of nitro groups is 1. The molecule has 1 aliphatic heterocycles. The van der Waals surface area contributed by atoms with E-state index in [-0.39, 0.29) is 10.5 Å². The largest absolute Gasteiger partial charge is 0.336 e. The minimum Gasteiger partial charge on any atom is -0.336 e. The lowest BCUT2D eigenvalue weighted by molar-refractivity contribution is -0.385. The first-order valence-electron chi connectivity index (χ1n) is 8.21. The number of amides is 1. The summed E-state index contributed by atoms with van der Waals surface area (Å²) >= 11 is 1.22. The predicted octanol–water partition coefficient (Wildman–Crippen LogP) is 3.07. The molecule has 1 N–H and O–H groups in total. The number of benzene rings is 2. The van der Waals surface area contributed by atoms with E-state index in [1.54, 1.807) is 4.90 Å². The van der Waals surface area contributed by atoms with Crippen LogP contribution in [0.25, 0.3) is 0 Å². The third kappa shape index (κ3) is 4.20. The molecule has 26 heavy (non-hydrogen) atoms. The molecule has 6 nitrogen and oxygen atoms in total. The van der Waals surface area contributed by atoms with Gasteiger partial charge in [0, 0.05) is 36.8 Å². The van der Waals surface area contributed by atoms with Crippen molar-refractivity contribution in [3.05, 3.63) is 69.5 Å². The summed E-state index contributed by atoms with van der Waals surface area (Å²) in [5, 5.41) is 14.4. The first-order valence-corrected chi connectivity index (χ1v) is 9.19. The Morgan fingerprint density at radius 3 is 2.58 bits per heavy atom. The maximum atomic E-state index is 14.3. The Morgan fingerprint density at radius 1 is 1.23 bits per heavy atom. The van der Waals surface area contributed by atoms with Gasteiger partial charge in [0.15, 0.2) is 0 Å². The van der Waals surface area contributed by atoms with Gasteiger partial charge in [0.1, 0.15) is 11.4 Å². The number of hydrogen-bond acceptors (Lipinski definition) is 5. The summed E-state index contributed by atoms with van der Waals surface area (Å²) in [5.74, 6) is -0.606. The van der Waals surface area contributed by atoms with Crippen molar-refractivity contribution in [2.45, 2.75) is 10.6 Å². The van der Waals surface area contributed by atoms with Gasteiger partial charge < -0.3 is 10.2 Å². The van der Waals surface area contributed by atoms with Crippen LogP contribution in [0.4, 0.5) is 10.1 Å². The smallest absolute Gasteiger partial charge is 0.285 e. The van der Waals surface area contributed by atoms with Crippen LogP contribution in [0.2, 0.25) is 0 Å². The Bertz CT molecular complexity index is 811. The molecule has 0 spiro atoms. The van der Waals surface area contributed by atoms with Crippen LogP contribution in [0.15, 0.2) is 47.4 Å². The number of nitrogens with one attached hydrogen (secondary N) is 1. The van der Waals surface area contributed by atoms with Gasteiger partial charge in [0.05, 0.1) is 11.0 Å². The average molecular weight is 375 g/mol. The van der Waals surface area contributed by atoms with Crippen LogP contribution >= 0.6 is 11.8 Å². The first kappa shape index (κ1) is 18.3. The number of carbonyl (C=O) groups excluding carboxylic acids is 1. The molecule has 1 amide bonds. The van der Waals surface area contributed by atoms with Crippen molar-refractivity contribution in [3.8, 4) is 0 Å². The molecule has 8 heteroatoms. The van der Waals surface area contributed by atoms with Crippen molar-refractivity contribution >= 4 is 23.4 Å². The topological polar surface area (TPSA) is 75.5 Å². The molecule has 136 valence electrons. The molecule has 0 bridgehead atoms. The molecule has 0 saturated carbocycles. The van der Waals surface area contributed by atoms with Crippen molar-refractivity contribution in [1.82, 2.24) is 10.2 Å². The van der Waals surface area contributed by atoms with Gasteiger partial charge in [-0.05, 0) is 11.6 Å². The molecule has 0 unspecified atom stereocenters. The fraction of sp³-hybridized carbons (Fsp3) is 0.278. The van der Waals surface area contributed by atoms with E-state index in [1.807, 2.05) is 30.3 Å². The molecule has 1 heterocycles. The van der Waals surface area contributed by atoms with Gasteiger partial charge in [-0.15, -0.1) is 11.8 Å². The fourth-order valence-electron chi connectivity index (χ4n) is 2.75. The van der Waals surface area contributed by atoms with Gasteiger partial charge in [-0.1, -0.05) is 30.3 Å². The highest BCUT2D eigenvalue weighted by Crippen LogP contribution is 2.32. The highest BCUT2D eigenvalue weighted by Gasteiger charge is 2.28. The summed E-state index contributed by atoms with van der Waals surface area (Å²) in [6, 6.07) is 11.7. The van der Waals surface area contributed by atoms with E-state index in [1.165, 1.54) is 17.8 Å². The van der Waals surface area contributed by atoms with Gasteiger partial charge in [-0.2, -0.15) is 0 Å². The lowest BCUT2D eigenvalue weighted by Gasteiger charge is -2.27. The van der Waals surface area contributed by atoms with E-state index in [0.29, 0.717) is 31.9 Å². The number of nitro benzene ring substituents is 1. The Kier molecular flexibility index (Phi) is 5.85. The summed E-state index contributed by atoms with van der Waals surface area (Å²) in [7, 11) is 0. The molecular formula is C18H18FN3O3S. The standard InChI is InChI=1S/C18H18FN3O3S/c19-15-11-16(22(24)25)14(18(23)21-8-6-20-7-9-21)10-17(15)26-12-13-4-2-1-3-5-13/h1-5,10-11,20H,6-9,12H2. The van der Waals surface area contributed by atoms with Gasteiger partial charge in [0.25, 0.3) is 11.6 Å². The Hall–Kier alpha value is -2.45. The minimum absolute atomic E-state index is 0.0612. The summed E-state index contributed by atoms with van der Waals surface area (Å²) in [6.07, 6.45) is 0. The second kappa shape index (κ2) is 8.29. The number of hydrogen-bond donors (Lipinski definition) is 1. The van der Waals surface area contributed by atoms with Crippen LogP contribution in [0.3, 0.4) is 0 Å². The van der Waals surface area contributed by atoms with Crippen LogP contribution in [-0.2, 0) is 5.75 Å². The van der Waals surface area contributed by atoms with E-state index in [9.17, 15) is 19.3 Å². The maximum Gasteiger partial charge on any atom is 0.285 e. The van der Waals surface area contributed by atoms with Crippen molar-refractivity contribution < 1.29 is 14.1 Å². The number of piperazine rings is 1. The fourth-order valence-corrected chi connectivity index (χ4v) is 3.66. The number of rotatable bonds is 5. The zero-order chi connectivity index (χ0) is 18.5. The molecule has 1 saturated heterocycles. The minimum atomic E-state index is -0.704. The molecule has 2 aromatic carbocycles. The van der Waals surface area contributed by atoms with Gasteiger partial charge >= 0.3 is 0 Å². The first-order chi connectivity index (χ1) is 12.6. The summed E-state index contributed by atoms with van der Waals surface area (Å²) in [6.45, 7) is 2.21. The van der Waals surface area contributed by atoms with E-state index in [0.717, 1.165) is 11.6 Å². The van der Waals surface area contributed by atoms with Crippen LogP contribution in [-0.4, -0.2) is 41.9 Å². The molecule has 0 aromatic heterocycles. The molecule has 0 atom stereocenters. The van der Waals surface area contributed by atoms with Crippen molar-refractivity contribution in [2.24, 2.45) is 0 Å². The third-order valence-corrected chi connectivity index (χ3v) is 5.22. The number of thioether (sulfide) groups is 1. The Balaban J connectivity index is 1.88. The lowest BCUT2D eigenvalue weighted by Crippen LogP contribution is -2.46. The predicted molar refractivity (Wildman–Crippen MR) is 97.8 cm³/mol. The SMILES string of the molecule is O=C(c1cc(SCc2ccccc2)c(F)cc1[N+](=O)[O-])N1CCNCC1. The number of carbonyl (C=O) groups is 1. The average Bonchev–Trinajstić information content (AvgIpc) is 2.67. The number of nitrogens with zero attached hydrogens (tertiary/aromatic N) is 2. The monoisotopic (exact) mass is 375 g/mol. The van der Waals surface area contributed by atoms with E-state index in [4.69, 9.17) is 0 Å². The second-order valence-electron chi connectivity index (χ2n) is 5.87. The van der Waals surface area contributed by atoms with E-state index < -0.39 is 22.3 Å². The molecule has 3 rings (SSSR count). The molecule has 2 aromatic rings. The molecule has 0 aliphatic carbocycles. The third-order valence-electron chi connectivity index (χ3n) is 4.12. The van der Waals surface area contributed by atoms with Crippen LogP contribution < -0.4 is 5.32 Å². The van der Waals surface area contributed by atoms with Gasteiger partial charge in [-0.25, -0.2) is 4.39 Å². The van der Waals surface area contributed by atoms with Gasteiger partial charge in [0.2, 0.25) is 0 Å². The molecular weight excluding hydrogens is 357 g/mol. The Morgan fingerprint density at radius 2 is 1.92 bits per heavy atom. The number of halogens is 1. The van der Waals surface area contributed by atoms with E-state index in [2.05, 4.69) is 5.32 Å². The second-order valence-corrected chi connectivity index (χ2v) is 6.89. The van der Waals surface area contributed by atoms with Gasteiger partial charge in [-0.3, -0.25) is 14.9 Å². The zero-order valence-electron chi connectivity index (χ0n) is 14.0. The quantitative estimate of drug-likeness (QED) is 0.494. The van der Waals surface area contributed by atoms with Crippen molar-refractivity contribution in [2.75, 3.05) is 26.2 Å². The normalized spacial score (nSPS) is 14.3. The summed E-state index contributed by atoms with van der Waals surface area (Å²) in [4.78, 5) is 25.1. The highest BCUT2D eigenvalue weighted by molar-refractivity contribution is 7.98. The van der Waals surface area contributed by atoms with Crippen LogP contribution in [0.5, 0.6) is 0 Å². The maximum absolute atomic E-state index is 14.3.